The van der Waals surface area contributed by atoms with E-state index in [4.69, 9.17) is 10.8 Å². The van der Waals surface area contributed by atoms with E-state index in [0.29, 0.717) is 5.69 Å². The molecule has 0 spiro atoms. The standard InChI is InChI=1S/C16H15FN2O2/c17-14-5-3-11(8-13(14)16(20)21)19-15-6-1-9-7-10(18)2-4-12(9)15/h2-5,7-8,15,19H,1,6,18H2,(H,20,21). The molecule has 0 amide bonds. The van der Waals surface area contributed by atoms with Gasteiger partial charge in [0.2, 0.25) is 0 Å². The molecule has 2 aromatic rings. The first kappa shape index (κ1) is 13.4. The number of nitrogen functional groups attached to an aromatic ring is 1. The molecule has 0 aromatic heterocycles. The second-order valence-corrected chi connectivity index (χ2v) is 5.19. The molecule has 0 saturated heterocycles. The summed E-state index contributed by atoms with van der Waals surface area (Å²) < 4.78 is 13.4. The Labute approximate surface area is 121 Å². The maximum absolute atomic E-state index is 13.4. The summed E-state index contributed by atoms with van der Waals surface area (Å²) in [5, 5.41) is 12.2. The molecule has 1 unspecified atom stereocenters. The van der Waals surface area contributed by atoms with Crippen molar-refractivity contribution in [2.75, 3.05) is 11.1 Å². The molecule has 4 nitrogen and oxygen atoms in total. The highest BCUT2D eigenvalue weighted by atomic mass is 19.1. The van der Waals surface area contributed by atoms with E-state index in [1.807, 2.05) is 18.2 Å². The van der Waals surface area contributed by atoms with Gasteiger partial charge in [-0.05, 0) is 54.3 Å². The molecule has 2 aromatic carbocycles. The van der Waals surface area contributed by atoms with Gasteiger partial charge in [0, 0.05) is 11.4 Å². The Morgan fingerprint density at radius 3 is 2.86 bits per heavy atom. The average Bonchev–Trinajstić information content (AvgIpc) is 2.83. The summed E-state index contributed by atoms with van der Waals surface area (Å²) in [4.78, 5) is 11.0. The molecule has 0 fully saturated rings. The van der Waals surface area contributed by atoms with Crippen LogP contribution in [-0.4, -0.2) is 11.1 Å². The SMILES string of the molecule is Nc1ccc2c(c1)CCC2Nc1ccc(F)c(C(=O)O)c1. The van der Waals surface area contributed by atoms with Crippen LogP contribution >= 0.6 is 0 Å². The predicted molar refractivity (Wildman–Crippen MR) is 78.9 cm³/mol. The van der Waals surface area contributed by atoms with Crippen molar-refractivity contribution < 1.29 is 14.3 Å². The van der Waals surface area contributed by atoms with Crippen molar-refractivity contribution in [2.24, 2.45) is 0 Å². The van der Waals surface area contributed by atoms with E-state index in [-0.39, 0.29) is 11.6 Å². The van der Waals surface area contributed by atoms with Crippen LogP contribution in [-0.2, 0) is 6.42 Å². The predicted octanol–water partition coefficient (Wildman–Crippen LogP) is 3.21. The van der Waals surface area contributed by atoms with E-state index < -0.39 is 11.8 Å². The van der Waals surface area contributed by atoms with Gasteiger partial charge in [0.1, 0.15) is 5.82 Å². The quantitative estimate of drug-likeness (QED) is 0.757. The number of rotatable bonds is 3. The lowest BCUT2D eigenvalue weighted by Gasteiger charge is -2.16. The van der Waals surface area contributed by atoms with Crippen LogP contribution in [0.4, 0.5) is 15.8 Å². The smallest absolute Gasteiger partial charge is 0.338 e. The maximum Gasteiger partial charge on any atom is 0.338 e. The number of nitrogens with one attached hydrogen (secondary N) is 1. The topological polar surface area (TPSA) is 75.3 Å². The zero-order chi connectivity index (χ0) is 15.0. The Morgan fingerprint density at radius 1 is 1.29 bits per heavy atom. The van der Waals surface area contributed by atoms with E-state index >= 15 is 0 Å². The van der Waals surface area contributed by atoms with Crippen molar-refractivity contribution in [1.82, 2.24) is 0 Å². The second kappa shape index (κ2) is 5.09. The fourth-order valence-electron chi connectivity index (χ4n) is 2.77. The van der Waals surface area contributed by atoms with Gasteiger partial charge in [-0.1, -0.05) is 6.07 Å². The molecule has 4 N–H and O–H groups in total. The van der Waals surface area contributed by atoms with E-state index in [2.05, 4.69) is 5.32 Å². The number of aryl methyl sites for hydroxylation is 1. The van der Waals surface area contributed by atoms with E-state index in [1.165, 1.54) is 17.7 Å². The summed E-state index contributed by atoms with van der Waals surface area (Å²) in [5.41, 5.74) is 9.15. The molecular weight excluding hydrogens is 271 g/mol. The molecule has 3 rings (SSSR count). The van der Waals surface area contributed by atoms with Crippen LogP contribution in [0.3, 0.4) is 0 Å². The molecule has 1 atom stereocenters. The van der Waals surface area contributed by atoms with Gasteiger partial charge in [-0.25, -0.2) is 9.18 Å². The van der Waals surface area contributed by atoms with Gasteiger partial charge in [-0.3, -0.25) is 0 Å². The van der Waals surface area contributed by atoms with Gasteiger partial charge in [-0.2, -0.15) is 0 Å². The number of nitrogens with two attached hydrogens (primary N) is 1. The van der Waals surface area contributed by atoms with Crippen LogP contribution in [0.15, 0.2) is 36.4 Å². The van der Waals surface area contributed by atoms with Crippen LogP contribution in [0.25, 0.3) is 0 Å². The molecule has 0 bridgehead atoms. The van der Waals surface area contributed by atoms with Gasteiger partial charge in [0.15, 0.2) is 0 Å². The third-order valence-electron chi connectivity index (χ3n) is 3.78. The zero-order valence-electron chi connectivity index (χ0n) is 11.3. The Kier molecular flexibility index (Phi) is 3.25. The van der Waals surface area contributed by atoms with E-state index in [9.17, 15) is 9.18 Å². The van der Waals surface area contributed by atoms with Gasteiger partial charge < -0.3 is 16.2 Å². The second-order valence-electron chi connectivity index (χ2n) is 5.19. The Hall–Kier alpha value is -2.56. The van der Waals surface area contributed by atoms with Crippen molar-refractivity contribution in [3.05, 3.63) is 58.9 Å². The van der Waals surface area contributed by atoms with Gasteiger partial charge in [0.25, 0.3) is 0 Å². The van der Waals surface area contributed by atoms with Crippen molar-refractivity contribution in [2.45, 2.75) is 18.9 Å². The highest BCUT2D eigenvalue weighted by Crippen LogP contribution is 2.35. The largest absolute Gasteiger partial charge is 0.478 e. The van der Waals surface area contributed by atoms with Crippen LogP contribution < -0.4 is 11.1 Å². The number of carboxylic acid groups (broad SMARTS) is 1. The third kappa shape index (κ3) is 2.54. The molecule has 0 radical (unpaired) electrons. The number of carbonyl (C=O) groups is 1. The molecule has 21 heavy (non-hydrogen) atoms. The lowest BCUT2D eigenvalue weighted by molar-refractivity contribution is 0.0692. The first-order valence-electron chi connectivity index (χ1n) is 6.72. The average molecular weight is 286 g/mol. The highest BCUT2D eigenvalue weighted by Gasteiger charge is 2.22. The maximum atomic E-state index is 13.4. The van der Waals surface area contributed by atoms with Crippen LogP contribution in [0.5, 0.6) is 0 Å². The Bertz CT molecular complexity index is 715. The highest BCUT2D eigenvalue weighted by molar-refractivity contribution is 5.89. The van der Waals surface area contributed by atoms with Crippen LogP contribution in [0.1, 0.15) is 33.9 Å². The molecule has 108 valence electrons. The molecule has 0 saturated carbocycles. The monoisotopic (exact) mass is 286 g/mol. The minimum atomic E-state index is -1.27. The number of hydrogen-bond donors (Lipinski definition) is 3. The van der Waals surface area contributed by atoms with Crippen molar-refractivity contribution >= 4 is 17.3 Å². The summed E-state index contributed by atoms with van der Waals surface area (Å²) in [6.45, 7) is 0. The summed E-state index contributed by atoms with van der Waals surface area (Å²) in [7, 11) is 0. The van der Waals surface area contributed by atoms with Crippen LogP contribution in [0, 0.1) is 5.82 Å². The minimum Gasteiger partial charge on any atom is -0.478 e. The van der Waals surface area contributed by atoms with Gasteiger partial charge in [0.05, 0.1) is 11.6 Å². The molecule has 1 aliphatic carbocycles. The molecule has 0 aliphatic heterocycles. The molecular formula is C16H15FN2O2. The lowest BCUT2D eigenvalue weighted by Crippen LogP contribution is -2.09. The Morgan fingerprint density at radius 2 is 2.10 bits per heavy atom. The normalized spacial score (nSPS) is 16.5. The Balaban J connectivity index is 1.86. The number of carboxylic acids is 1. The van der Waals surface area contributed by atoms with Crippen molar-refractivity contribution in [3.63, 3.8) is 0 Å². The minimum absolute atomic E-state index is 0.0905. The third-order valence-corrected chi connectivity index (χ3v) is 3.78. The van der Waals surface area contributed by atoms with Gasteiger partial charge >= 0.3 is 5.97 Å². The first-order chi connectivity index (χ1) is 10.0. The summed E-state index contributed by atoms with van der Waals surface area (Å²) in [5.74, 6) is -2.00. The van der Waals surface area contributed by atoms with E-state index in [0.717, 1.165) is 24.1 Å². The van der Waals surface area contributed by atoms with Crippen LogP contribution in [0.2, 0.25) is 0 Å². The zero-order valence-corrected chi connectivity index (χ0v) is 11.3. The first-order valence-corrected chi connectivity index (χ1v) is 6.72. The molecule has 0 heterocycles. The summed E-state index contributed by atoms with van der Waals surface area (Å²) in [6.07, 6.45) is 1.82. The molecule has 5 heteroatoms. The van der Waals surface area contributed by atoms with Crippen molar-refractivity contribution in [1.29, 1.82) is 0 Å². The molecule has 1 aliphatic rings. The summed E-state index contributed by atoms with van der Waals surface area (Å²) >= 11 is 0. The lowest BCUT2D eigenvalue weighted by atomic mass is 10.1. The number of aromatic carboxylic acids is 1. The number of halogens is 1. The number of fused-ring (bicyclic) bond motifs is 1. The van der Waals surface area contributed by atoms with Crippen molar-refractivity contribution in [3.8, 4) is 0 Å². The van der Waals surface area contributed by atoms with Gasteiger partial charge in [-0.15, -0.1) is 0 Å². The number of hydrogen-bond acceptors (Lipinski definition) is 3. The fourth-order valence-corrected chi connectivity index (χ4v) is 2.77. The number of benzene rings is 2. The number of anilines is 2. The fraction of sp³-hybridized carbons (Fsp3) is 0.188. The van der Waals surface area contributed by atoms with E-state index in [1.54, 1.807) is 6.07 Å². The summed E-state index contributed by atoms with van der Waals surface area (Å²) in [6, 6.07) is 9.94.